The lowest BCUT2D eigenvalue weighted by Gasteiger charge is -2.34. The van der Waals surface area contributed by atoms with Crippen molar-refractivity contribution in [3.05, 3.63) is 0 Å². The molecule has 2 nitrogen and oxygen atoms in total. The highest BCUT2D eigenvalue weighted by Crippen LogP contribution is 2.54. The number of alkyl halides is 10. The summed E-state index contributed by atoms with van der Waals surface area (Å²) >= 11 is 0. The van der Waals surface area contributed by atoms with Crippen molar-refractivity contribution in [3.8, 4) is 0 Å². The highest BCUT2D eigenvalue weighted by Gasteiger charge is 2.85. The molecule has 0 amide bonds. The summed E-state index contributed by atoms with van der Waals surface area (Å²) in [5, 5.41) is 0. The molecule has 20 heavy (non-hydrogen) atoms. The molecule has 0 spiro atoms. The molecule has 0 saturated heterocycles. The molecule has 0 unspecified atom stereocenters. The molecule has 0 aromatic heterocycles. The van der Waals surface area contributed by atoms with Gasteiger partial charge in [-0.1, -0.05) is 0 Å². The van der Waals surface area contributed by atoms with E-state index in [-0.39, 0.29) is 12.4 Å². The maximum absolute atomic E-state index is 12.5. The molecule has 0 atom stereocenters. The summed E-state index contributed by atoms with van der Waals surface area (Å²) in [6.45, 7) is 0. The van der Waals surface area contributed by atoms with Gasteiger partial charge >= 0.3 is 36.1 Å². The largest absolute Gasteiger partial charge is 0.424 e. The standard InChI is InChI=1S/C6HF11O2.ClH/c7-1(8)3(9,10)5(13,14)6(15,16)4(11,12)2(18)19-17;/h1H;1H. The average molecular weight is 351 g/mol. The first kappa shape index (κ1) is 21.3. The van der Waals surface area contributed by atoms with Crippen LogP contribution in [0.3, 0.4) is 0 Å². The highest BCUT2D eigenvalue weighted by molar-refractivity contribution is 5.85. The topological polar surface area (TPSA) is 26.3 Å². The number of carbonyl (C=O) groups is 1. The maximum atomic E-state index is 12.5. The van der Waals surface area contributed by atoms with Gasteiger partial charge in [0.1, 0.15) is 0 Å². The molecule has 0 radical (unpaired) electrons. The van der Waals surface area contributed by atoms with Gasteiger partial charge < -0.3 is 0 Å². The van der Waals surface area contributed by atoms with E-state index in [0.29, 0.717) is 0 Å². The number of rotatable bonds is 5. The Hall–Kier alpha value is -1.01. The first-order chi connectivity index (χ1) is 8.17. The van der Waals surface area contributed by atoms with Gasteiger partial charge in [0.15, 0.2) is 0 Å². The minimum atomic E-state index is -7.36. The fraction of sp³-hybridized carbons (Fsp3) is 0.833. The van der Waals surface area contributed by atoms with E-state index in [1.54, 1.807) is 0 Å². The van der Waals surface area contributed by atoms with Gasteiger partial charge in [0.2, 0.25) is 0 Å². The minimum absolute atomic E-state index is 0. The van der Waals surface area contributed by atoms with Crippen molar-refractivity contribution in [2.24, 2.45) is 0 Å². The second-order valence-electron chi connectivity index (χ2n) is 3.01. The summed E-state index contributed by atoms with van der Waals surface area (Å²) in [5.41, 5.74) is 0. The van der Waals surface area contributed by atoms with Gasteiger partial charge in [-0.05, 0) is 0 Å². The van der Waals surface area contributed by atoms with Gasteiger partial charge in [0.05, 0.1) is 0 Å². The molecule has 0 aromatic rings. The van der Waals surface area contributed by atoms with E-state index >= 15 is 0 Å². The lowest BCUT2D eigenvalue weighted by molar-refractivity contribution is -0.380. The number of carbonyl (C=O) groups excluding carboxylic acids is 1. The fourth-order valence-corrected chi connectivity index (χ4v) is 0.720. The van der Waals surface area contributed by atoms with Gasteiger partial charge in [-0.3, -0.25) is 0 Å². The van der Waals surface area contributed by atoms with Crippen LogP contribution in [0.4, 0.5) is 48.4 Å². The minimum Gasteiger partial charge on any atom is -0.248 e. The normalized spacial score (nSPS) is 14.0. The third-order valence-corrected chi connectivity index (χ3v) is 1.81. The van der Waals surface area contributed by atoms with E-state index < -0.39 is 36.1 Å². The zero-order valence-electron chi connectivity index (χ0n) is 8.46. The molecule has 0 rings (SSSR count). The summed E-state index contributed by atoms with van der Waals surface area (Å²) in [5.74, 6) is -32.3. The molecular weight excluding hydrogens is 348 g/mol. The van der Waals surface area contributed by atoms with Crippen molar-refractivity contribution in [1.29, 1.82) is 0 Å². The van der Waals surface area contributed by atoms with Gasteiger partial charge in [-0.25, -0.2) is 18.5 Å². The van der Waals surface area contributed by atoms with Crippen LogP contribution in [0.2, 0.25) is 0 Å². The first-order valence-corrected chi connectivity index (χ1v) is 3.80. The predicted molar refractivity (Wildman–Crippen MR) is 40.2 cm³/mol. The molecule has 0 fully saturated rings. The molecular formula is C6H2ClF11O2. The second-order valence-corrected chi connectivity index (χ2v) is 3.01. The monoisotopic (exact) mass is 350 g/mol. The van der Waals surface area contributed by atoms with Gasteiger partial charge in [-0.2, -0.15) is 35.1 Å². The van der Waals surface area contributed by atoms with E-state index in [4.69, 9.17) is 0 Å². The van der Waals surface area contributed by atoms with E-state index in [9.17, 15) is 53.2 Å². The van der Waals surface area contributed by atoms with E-state index in [2.05, 4.69) is 0 Å². The van der Waals surface area contributed by atoms with E-state index in [1.807, 2.05) is 0 Å². The predicted octanol–water partition coefficient (Wildman–Crippen LogP) is 3.64. The molecule has 0 aliphatic heterocycles. The number of hydrogen-bond donors (Lipinski definition) is 0. The summed E-state index contributed by atoms with van der Waals surface area (Å²) in [6.07, 6.45) is -5.45. The molecule has 0 aliphatic carbocycles. The van der Waals surface area contributed by atoms with Crippen molar-refractivity contribution >= 4 is 18.4 Å². The summed E-state index contributed by atoms with van der Waals surface area (Å²) in [4.78, 5) is 11.4. The third kappa shape index (κ3) is 2.72. The van der Waals surface area contributed by atoms with Crippen LogP contribution in [0, 0.1) is 0 Å². The number of hydrogen-bond acceptors (Lipinski definition) is 2. The van der Waals surface area contributed by atoms with Crippen molar-refractivity contribution in [2.75, 3.05) is 0 Å². The quantitative estimate of drug-likeness (QED) is 0.708. The Morgan fingerprint density at radius 3 is 1.45 bits per heavy atom. The van der Waals surface area contributed by atoms with Crippen LogP contribution < -0.4 is 0 Å². The summed E-state index contributed by atoms with van der Waals surface area (Å²) in [6, 6.07) is 0. The zero-order chi connectivity index (χ0) is 15.9. The van der Waals surface area contributed by atoms with Crippen LogP contribution in [-0.2, 0) is 9.74 Å². The molecule has 0 N–H and O–H groups in total. The Bertz CT molecular complexity index is 355. The smallest absolute Gasteiger partial charge is 0.248 e. The van der Waals surface area contributed by atoms with E-state index in [1.165, 1.54) is 4.94 Å². The van der Waals surface area contributed by atoms with Crippen LogP contribution >= 0.6 is 12.4 Å². The SMILES string of the molecule is Cl.O=C(OF)C(F)(F)C(F)(F)C(F)(F)C(F)(F)C(F)F. The van der Waals surface area contributed by atoms with Crippen molar-refractivity contribution < 1.29 is 58.2 Å². The fourth-order valence-electron chi connectivity index (χ4n) is 0.720. The van der Waals surface area contributed by atoms with Crippen LogP contribution in [0.25, 0.3) is 0 Å². The van der Waals surface area contributed by atoms with Crippen molar-refractivity contribution in [3.63, 3.8) is 0 Å². The van der Waals surface area contributed by atoms with Gasteiger partial charge in [-0.15, -0.1) is 12.4 Å². The van der Waals surface area contributed by atoms with E-state index in [0.717, 1.165) is 0 Å². The molecule has 14 heteroatoms. The third-order valence-electron chi connectivity index (χ3n) is 1.81. The van der Waals surface area contributed by atoms with Gasteiger partial charge in [0.25, 0.3) is 0 Å². The van der Waals surface area contributed by atoms with Gasteiger partial charge in [0, 0.05) is 4.53 Å². The molecule has 0 aliphatic rings. The summed E-state index contributed by atoms with van der Waals surface area (Å²) in [7, 11) is 0. The first-order valence-electron chi connectivity index (χ1n) is 3.80. The van der Waals surface area contributed by atoms with Crippen LogP contribution in [-0.4, -0.2) is 36.1 Å². The molecule has 0 bridgehead atoms. The second kappa shape index (κ2) is 5.77. The van der Waals surface area contributed by atoms with Crippen LogP contribution in [0.5, 0.6) is 0 Å². The Morgan fingerprint density at radius 1 is 0.850 bits per heavy atom. The average Bonchev–Trinajstić information content (AvgIpc) is 2.26. The number of halogens is 12. The lowest BCUT2D eigenvalue weighted by atomic mass is 9.99. The Balaban J connectivity index is 0. The van der Waals surface area contributed by atoms with Crippen molar-refractivity contribution in [2.45, 2.75) is 30.1 Å². The summed E-state index contributed by atoms with van der Waals surface area (Å²) < 4.78 is 133. The van der Waals surface area contributed by atoms with Crippen LogP contribution in [0.1, 0.15) is 0 Å². The molecule has 0 heterocycles. The maximum Gasteiger partial charge on any atom is 0.424 e. The Morgan fingerprint density at radius 2 is 1.20 bits per heavy atom. The molecule has 0 aromatic carbocycles. The molecule has 0 saturated carbocycles. The Kier molecular flexibility index (Phi) is 6.15. The highest BCUT2D eigenvalue weighted by atomic mass is 35.5. The molecule has 122 valence electrons. The lowest BCUT2D eigenvalue weighted by Crippen LogP contribution is -2.66. The van der Waals surface area contributed by atoms with Crippen LogP contribution in [0.15, 0.2) is 0 Å². The van der Waals surface area contributed by atoms with Crippen molar-refractivity contribution in [1.82, 2.24) is 0 Å². The zero-order valence-corrected chi connectivity index (χ0v) is 9.28. The Labute approximate surface area is 108 Å².